The summed E-state index contributed by atoms with van der Waals surface area (Å²) in [4.78, 5) is 24.9. The number of amides is 1. The Bertz CT molecular complexity index is 1610. The summed E-state index contributed by atoms with van der Waals surface area (Å²) in [7, 11) is -7.77. The van der Waals surface area contributed by atoms with Crippen LogP contribution in [-0.4, -0.2) is 39.1 Å². The zero-order valence-electron chi connectivity index (χ0n) is 19.6. The molecule has 11 nitrogen and oxygen atoms in total. The van der Waals surface area contributed by atoms with Crippen molar-refractivity contribution in [2.24, 2.45) is 5.14 Å². The molecule has 0 bridgehead atoms. The number of carbonyl (C=O) groups is 1. The Morgan fingerprint density at radius 2 is 1.76 bits per heavy atom. The number of rotatable bonds is 9. The van der Waals surface area contributed by atoms with E-state index in [9.17, 15) is 26.4 Å². The summed E-state index contributed by atoms with van der Waals surface area (Å²) >= 11 is 11.6. The maximum atomic E-state index is 12.9. The van der Waals surface area contributed by atoms with Crippen LogP contribution in [0.25, 0.3) is 0 Å². The molecule has 4 N–H and O–H groups in total. The summed E-state index contributed by atoms with van der Waals surface area (Å²) in [5, 5.41) is 11.2. The predicted octanol–water partition coefficient (Wildman–Crippen LogP) is 2.23. The van der Waals surface area contributed by atoms with Crippen molar-refractivity contribution in [3.63, 3.8) is 0 Å². The number of primary sulfonamides is 1. The summed E-state index contributed by atoms with van der Waals surface area (Å²) in [5.74, 6) is -0.629. The number of nitrogens with one attached hydrogen (secondary N) is 2. The fraction of sp³-hybridized carbons (Fsp3) is 0.227. The molecular weight excluding hydrogens is 565 g/mol. The molecule has 37 heavy (non-hydrogen) atoms. The normalized spacial score (nSPS) is 12.8. The summed E-state index contributed by atoms with van der Waals surface area (Å²) in [6.45, 7) is 3.07. The van der Waals surface area contributed by atoms with Crippen LogP contribution in [-0.2, 0) is 31.3 Å². The van der Waals surface area contributed by atoms with E-state index in [2.05, 4.69) is 15.1 Å². The summed E-state index contributed by atoms with van der Waals surface area (Å²) in [5.41, 5.74) is 0.591. The van der Waals surface area contributed by atoms with Crippen molar-refractivity contribution in [3.8, 4) is 0 Å². The van der Waals surface area contributed by atoms with Crippen molar-refractivity contribution in [1.29, 1.82) is 0 Å². The van der Waals surface area contributed by atoms with E-state index in [1.54, 1.807) is 19.1 Å². The molecule has 0 radical (unpaired) electrons. The van der Waals surface area contributed by atoms with Crippen molar-refractivity contribution in [2.75, 3.05) is 11.9 Å². The number of benzene rings is 2. The quantitative estimate of drug-likeness (QED) is 0.344. The molecule has 0 saturated carbocycles. The highest BCUT2D eigenvalue weighted by Crippen LogP contribution is 2.22. The van der Waals surface area contributed by atoms with Crippen molar-refractivity contribution in [2.45, 2.75) is 36.1 Å². The van der Waals surface area contributed by atoms with Gasteiger partial charge in [0, 0.05) is 12.2 Å². The molecule has 2 aromatic carbocycles. The van der Waals surface area contributed by atoms with Crippen molar-refractivity contribution < 1.29 is 21.6 Å². The molecule has 1 amide bonds. The lowest BCUT2D eigenvalue weighted by atomic mass is 10.2. The average Bonchev–Trinajstić information content (AvgIpc) is 2.83. The van der Waals surface area contributed by atoms with Crippen LogP contribution in [0, 0.1) is 6.92 Å². The minimum absolute atomic E-state index is 0.0377. The summed E-state index contributed by atoms with van der Waals surface area (Å²) in [6.07, 6.45) is 1.44. The molecule has 3 rings (SSSR count). The van der Waals surface area contributed by atoms with Crippen molar-refractivity contribution >= 4 is 54.8 Å². The monoisotopic (exact) mass is 587 g/mol. The predicted molar refractivity (Wildman–Crippen MR) is 140 cm³/mol. The number of hydrogen-bond acceptors (Lipinski definition) is 7. The van der Waals surface area contributed by atoms with Gasteiger partial charge in [0.1, 0.15) is 11.1 Å². The maximum Gasteiger partial charge on any atom is 0.287 e. The Morgan fingerprint density at radius 3 is 2.38 bits per heavy atom. The smallest absolute Gasteiger partial charge is 0.287 e. The number of halogens is 2. The second-order valence-corrected chi connectivity index (χ2v) is 12.1. The van der Waals surface area contributed by atoms with E-state index in [-0.39, 0.29) is 32.1 Å². The van der Waals surface area contributed by atoms with Gasteiger partial charge in [0.15, 0.2) is 0 Å². The molecule has 1 heterocycles. The van der Waals surface area contributed by atoms with Gasteiger partial charge >= 0.3 is 0 Å². The van der Waals surface area contributed by atoms with E-state index in [0.29, 0.717) is 17.5 Å². The zero-order chi connectivity index (χ0) is 27.5. The van der Waals surface area contributed by atoms with Gasteiger partial charge in [-0.1, -0.05) is 41.4 Å². The van der Waals surface area contributed by atoms with E-state index in [4.69, 9.17) is 28.3 Å². The fourth-order valence-corrected chi connectivity index (χ4v) is 5.35. The highest BCUT2D eigenvalue weighted by Gasteiger charge is 2.22. The lowest BCUT2D eigenvalue weighted by molar-refractivity contribution is -0.119. The highest BCUT2D eigenvalue weighted by atomic mass is 35.5. The van der Waals surface area contributed by atoms with Gasteiger partial charge in [0.05, 0.1) is 21.0 Å². The first-order valence-corrected chi connectivity index (χ1v) is 14.4. The molecule has 198 valence electrons. The molecule has 0 aliphatic carbocycles. The number of aryl methyl sites for hydroxylation is 1. The first-order valence-electron chi connectivity index (χ1n) is 10.7. The van der Waals surface area contributed by atoms with E-state index < -0.39 is 37.6 Å². The first-order chi connectivity index (χ1) is 17.2. The van der Waals surface area contributed by atoms with Crippen LogP contribution in [0.1, 0.15) is 24.1 Å². The Labute approximate surface area is 223 Å². The van der Waals surface area contributed by atoms with Crippen LogP contribution in [0.4, 0.5) is 5.69 Å². The molecule has 0 saturated heterocycles. The lowest BCUT2D eigenvalue weighted by Gasteiger charge is -2.16. The van der Waals surface area contributed by atoms with Gasteiger partial charge in [-0.25, -0.2) is 31.4 Å². The number of hydrogen-bond donors (Lipinski definition) is 3. The SMILES string of the molecule is Cc1ccc(NC(=O)[C@@H](C)n2ncc(Cl)c(Cl)c2=O)cc1S(=O)(=O)NCCc1ccc(S(N)(=O)=O)cc1. The Hall–Kier alpha value is -2.81. The summed E-state index contributed by atoms with van der Waals surface area (Å²) in [6, 6.07) is 9.07. The standard InChI is InChI=1S/C22H23Cl2N5O6S2/c1-13-3-6-16(28-21(30)14(2)29-22(31)20(24)18(23)12-26-29)11-19(13)37(34,35)27-10-9-15-4-7-17(8-5-15)36(25,32)33/h3-8,11-12,14,27H,9-10H2,1-2H3,(H,28,30)(H2,25,32,33)/t14-/m1/s1. The summed E-state index contributed by atoms with van der Waals surface area (Å²) < 4.78 is 51.9. The Kier molecular flexibility index (Phi) is 8.78. The molecular formula is C22H23Cl2N5O6S2. The van der Waals surface area contributed by atoms with Crippen LogP contribution in [0.3, 0.4) is 0 Å². The van der Waals surface area contributed by atoms with E-state index in [1.165, 1.54) is 37.3 Å². The van der Waals surface area contributed by atoms with Crippen molar-refractivity contribution in [1.82, 2.24) is 14.5 Å². The average molecular weight is 588 g/mol. The third-order valence-electron chi connectivity index (χ3n) is 5.35. The lowest BCUT2D eigenvalue weighted by Crippen LogP contribution is -2.33. The number of carbonyl (C=O) groups excluding carboxylic acids is 1. The minimum atomic E-state index is -3.96. The number of nitrogens with two attached hydrogens (primary N) is 1. The van der Waals surface area contributed by atoms with Gasteiger partial charge in [-0.05, 0) is 55.7 Å². The zero-order valence-corrected chi connectivity index (χ0v) is 22.7. The number of aromatic nitrogens is 2. The molecule has 1 aromatic heterocycles. The van der Waals surface area contributed by atoms with Crippen LogP contribution in [0.2, 0.25) is 10.0 Å². The minimum Gasteiger partial charge on any atom is -0.324 e. The van der Waals surface area contributed by atoms with Gasteiger partial charge in [0.2, 0.25) is 26.0 Å². The van der Waals surface area contributed by atoms with Crippen molar-refractivity contribution in [3.05, 3.63) is 80.2 Å². The van der Waals surface area contributed by atoms with Crippen LogP contribution in [0.15, 0.2) is 63.2 Å². The van der Waals surface area contributed by atoms with E-state index >= 15 is 0 Å². The third kappa shape index (κ3) is 6.94. The number of nitrogens with zero attached hydrogens (tertiary/aromatic N) is 2. The van der Waals surface area contributed by atoms with Gasteiger partial charge in [0.25, 0.3) is 5.56 Å². The fourth-order valence-electron chi connectivity index (χ4n) is 3.28. The molecule has 0 spiro atoms. The molecule has 0 aliphatic rings. The molecule has 15 heteroatoms. The number of sulfonamides is 2. The van der Waals surface area contributed by atoms with Gasteiger partial charge in [-0.3, -0.25) is 9.59 Å². The second kappa shape index (κ2) is 11.3. The van der Waals surface area contributed by atoms with Crippen LogP contribution >= 0.6 is 23.2 Å². The molecule has 3 aromatic rings. The largest absolute Gasteiger partial charge is 0.324 e. The molecule has 1 atom stereocenters. The highest BCUT2D eigenvalue weighted by molar-refractivity contribution is 7.89. The maximum absolute atomic E-state index is 12.9. The van der Waals surface area contributed by atoms with Crippen LogP contribution in [0.5, 0.6) is 0 Å². The second-order valence-electron chi connectivity index (χ2n) is 8.04. The topological polar surface area (TPSA) is 170 Å². The number of anilines is 1. The molecule has 0 fully saturated rings. The Balaban J connectivity index is 1.71. The van der Waals surface area contributed by atoms with E-state index in [1.807, 2.05) is 0 Å². The van der Waals surface area contributed by atoms with E-state index in [0.717, 1.165) is 10.9 Å². The first kappa shape index (κ1) is 28.8. The van der Waals surface area contributed by atoms with Gasteiger partial charge in [-0.15, -0.1) is 0 Å². The Morgan fingerprint density at radius 1 is 1.11 bits per heavy atom. The van der Waals surface area contributed by atoms with Crippen LogP contribution < -0.4 is 20.7 Å². The molecule has 0 aliphatic heterocycles. The third-order valence-corrected chi connectivity index (χ3v) is 8.63. The van der Waals surface area contributed by atoms with Gasteiger partial charge < -0.3 is 5.32 Å². The van der Waals surface area contributed by atoms with Gasteiger partial charge in [-0.2, -0.15) is 5.10 Å². The molecule has 0 unspecified atom stereocenters.